The first-order chi connectivity index (χ1) is 8.36. The summed E-state index contributed by atoms with van der Waals surface area (Å²) in [6.45, 7) is 3.81. The molecule has 2 rings (SSSR count). The molecule has 5 heteroatoms. The van der Waals surface area contributed by atoms with Gasteiger partial charge >= 0.3 is 0 Å². The molecule has 0 aliphatic carbocycles. The van der Waals surface area contributed by atoms with Crippen molar-refractivity contribution in [3.05, 3.63) is 30.1 Å². The lowest BCUT2D eigenvalue weighted by molar-refractivity contribution is 0.0674. The molecule has 2 heterocycles. The molecule has 2 N–H and O–H groups in total. The van der Waals surface area contributed by atoms with Crippen molar-refractivity contribution in [2.75, 3.05) is 32.8 Å². The Balaban J connectivity index is 1.79. The van der Waals surface area contributed by atoms with E-state index in [2.05, 4.69) is 14.9 Å². The molecule has 0 radical (unpaired) electrons. The summed E-state index contributed by atoms with van der Waals surface area (Å²) < 4.78 is 5.26. The minimum absolute atomic E-state index is 0.615. The van der Waals surface area contributed by atoms with Gasteiger partial charge in [0.15, 0.2) is 5.96 Å². The van der Waals surface area contributed by atoms with Gasteiger partial charge in [-0.3, -0.25) is 9.98 Å². The minimum Gasteiger partial charge on any atom is -0.378 e. The molecule has 0 atom stereocenters. The highest BCUT2D eigenvalue weighted by Gasteiger charge is 2.11. The van der Waals surface area contributed by atoms with Crippen LogP contribution >= 0.6 is 0 Å². The van der Waals surface area contributed by atoms with Gasteiger partial charge in [0.05, 0.1) is 13.2 Å². The van der Waals surface area contributed by atoms with Crippen LogP contribution < -0.4 is 5.73 Å². The van der Waals surface area contributed by atoms with Crippen LogP contribution in [-0.4, -0.2) is 48.7 Å². The SMILES string of the molecule is NC(=NCCc1ccccn1)N1CCOCC1. The van der Waals surface area contributed by atoms with E-state index in [-0.39, 0.29) is 0 Å². The van der Waals surface area contributed by atoms with E-state index in [1.807, 2.05) is 18.2 Å². The lowest BCUT2D eigenvalue weighted by Gasteiger charge is -2.27. The maximum absolute atomic E-state index is 5.91. The molecule has 0 amide bonds. The second-order valence-electron chi connectivity index (χ2n) is 3.91. The topological polar surface area (TPSA) is 63.7 Å². The third-order valence-corrected chi connectivity index (χ3v) is 2.70. The number of nitrogens with two attached hydrogens (primary N) is 1. The van der Waals surface area contributed by atoms with Crippen molar-refractivity contribution in [2.45, 2.75) is 6.42 Å². The average Bonchev–Trinajstić information content (AvgIpc) is 2.41. The number of nitrogens with zero attached hydrogens (tertiary/aromatic N) is 3. The van der Waals surface area contributed by atoms with E-state index in [4.69, 9.17) is 10.5 Å². The van der Waals surface area contributed by atoms with Gasteiger partial charge in [-0.05, 0) is 12.1 Å². The molecule has 0 saturated carbocycles. The summed E-state index contributed by atoms with van der Waals surface area (Å²) in [5.74, 6) is 0.615. The predicted molar refractivity (Wildman–Crippen MR) is 66.8 cm³/mol. The maximum atomic E-state index is 5.91. The highest BCUT2D eigenvalue weighted by Crippen LogP contribution is 1.98. The van der Waals surface area contributed by atoms with Crippen LogP contribution in [0.15, 0.2) is 29.4 Å². The summed E-state index contributed by atoms with van der Waals surface area (Å²) in [6.07, 6.45) is 2.62. The van der Waals surface area contributed by atoms with Crippen LogP contribution in [0.1, 0.15) is 5.69 Å². The Morgan fingerprint density at radius 2 is 2.24 bits per heavy atom. The molecule has 0 aromatic carbocycles. The van der Waals surface area contributed by atoms with Crippen LogP contribution in [0, 0.1) is 0 Å². The van der Waals surface area contributed by atoms with E-state index in [1.54, 1.807) is 6.20 Å². The second-order valence-corrected chi connectivity index (χ2v) is 3.91. The van der Waals surface area contributed by atoms with Crippen molar-refractivity contribution in [3.63, 3.8) is 0 Å². The van der Waals surface area contributed by atoms with Crippen molar-refractivity contribution >= 4 is 5.96 Å². The molecule has 1 aliphatic heterocycles. The van der Waals surface area contributed by atoms with E-state index in [1.165, 1.54) is 0 Å². The number of aromatic nitrogens is 1. The van der Waals surface area contributed by atoms with Gasteiger partial charge in [-0.15, -0.1) is 0 Å². The molecule has 1 fully saturated rings. The van der Waals surface area contributed by atoms with Gasteiger partial charge in [0, 0.05) is 37.9 Å². The Morgan fingerprint density at radius 1 is 1.41 bits per heavy atom. The first-order valence-corrected chi connectivity index (χ1v) is 5.89. The average molecular weight is 234 g/mol. The van der Waals surface area contributed by atoms with Crippen LogP contribution in [0.3, 0.4) is 0 Å². The van der Waals surface area contributed by atoms with E-state index >= 15 is 0 Å². The zero-order chi connectivity index (χ0) is 11.9. The third kappa shape index (κ3) is 3.71. The Kier molecular flexibility index (Phi) is 4.32. The van der Waals surface area contributed by atoms with Gasteiger partial charge in [-0.2, -0.15) is 0 Å². The number of aliphatic imine (C=N–C) groups is 1. The number of pyridine rings is 1. The molecule has 1 aromatic heterocycles. The number of rotatable bonds is 3. The van der Waals surface area contributed by atoms with Gasteiger partial charge in [0.25, 0.3) is 0 Å². The molecule has 0 spiro atoms. The van der Waals surface area contributed by atoms with Gasteiger partial charge in [0.1, 0.15) is 0 Å². The van der Waals surface area contributed by atoms with Crippen LogP contribution in [0.25, 0.3) is 0 Å². The molecule has 1 aliphatic rings. The fraction of sp³-hybridized carbons (Fsp3) is 0.500. The highest BCUT2D eigenvalue weighted by atomic mass is 16.5. The first kappa shape index (κ1) is 11.9. The molecular weight excluding hydrogens is 216 g/mol. The molecule has 1 saturated heterocycles. The molecule has 5 nitrogen and oxygen atoms in total. The molecule has 0 unspecified atom stereocenters. The van der Waals surface area contributed by atoms with Gasteiger partial charge in [-0.25, -0.2) is 0 Å². The zero-order valence-electron chi connectivity index (χ0n) is 9.88. The Labute approximate surface area is 101 Å². The summed E-state index contributed by atoms with van der Waals surface area (Å²) in [4.78, 5) is 10.7. The van der Waals surface area contributed by atoms with Crippen LogP contribution in [-0.2, 0) is 11.2 Å². The number of guanidine groups is 1. The fourth-order valence-electron chi connectivity index (χ4n) is 1.72. The largest absolute Gasteiger partial charge is 0.378 e. The Hall–Kier alpha value is -1.62. The van der Waals surface area contributed by atoms with Crippen LogP contribution in [0.5, 0.6) is 0 Å². The summed E-state index contributed by atoms with van der Waals surface area (Å²) >= 11 is 0. The van der Waals surface area contributed by atoms with Crippen molar-refractivity contribution in [1.29, 1.82) is 0 Å². The number of morpholine rings is 1. The lowest BCUT2D eigenvalue weighted by Crippen LogP contribution is -2.44. The van der Waals surface area contributed by atoms with Gasteiger partial charge in [0.2, 0.25) is 0 Å². The predicted octanol–water partition coefficient (Wildman–Crippen LogP) is 0.271. The van der Waals surface area contributed by atoms with Gasteiger partial charge in [-0.1, -0.05) is 6.07 Å². The Morgan fingerprint density at radius 3 is 2.94 bits per heavy atom. The van der Waals surface area contributed by atoms with E-state index in [0.717, 1.165) is 38.4 Å². The maximum Gasteiger partial charge on any atom is 0.191 e. The minimum atomic E-state index is 0.615. The van der Waals surface area contributed by atoms with Crippen molar-refractivity contribution in [1.82, 2.24) is 9.88 Å². The summed E-state index contributed by atoms with van der Waals surface area (Å²) in [6, 6.07) is 5.90. The fourth-order valence-corrected chi connectivity index (χ4v) is 1.72. The standard InChI is InChI=1S/C12H18N4O/c13-12(16-7-9-17-10-8-16)15-6-4-11-3-1-2-5-14-11/h1-3,5H,4,6-10H2,(H2,13,15). The summed E-state index contributed by atoms with van der Waals surface area (Å²) in [5, 5.41) is 0. The van der Waals surface area contributed by atoms with Crippen molar-refractivity contribution in [2.24, 2.45) is 10.7 Å². The van der Waals surface area contributed by atoms with Crippen molar-refractivity contribution < 1.29 is 4.74 Å². The molecule has 0 bridgehead atoms. The summed E-state index contributed by atoms with van der Waals surface area (Å²) in [7, 11) is 0. The monoisotopic (exact) mass is 234 g/mol. The number of ether oxygens (including phenoxy) is 1. The molecule has 92 valence electrons. The smallest absolute Gasteiger partial charge is 0.191 e. The summed E-state index contributed by atoms with van der Waals surface area (Å²) in [5.41, 5.74) is 6.96. The van der Waals surface area contributed by atoms with Crippen LogP contribution in [0.2, 0.25) is 0 Å². The zero-order valence-corrected chi connectivity index (χ0v) is 9.88. The molecular formula is C12H18N4O. The lowest BCUT2D eigenvalue weighted by atomic mass is 10.3. The first-order valence-electron chi connectivity index (χ1n) is 5.89. The highest BCUT2D eigenvalue weighted by molar-refractivity contribution is 5.78. The second kappa shape index (κ2) is 6.20. The van der Waals surface area contributed by atoms with E-state index in [0.29, 0.717) is 12.5 Å². The number of hydrogen-bond acceptors (Lipinski definition) is 3. The van der Waals surface area contributed by atoms with Gasteiger partial charge < -0.3 is 15.4 Å². The quantitative estimate of drug-likeness (QED) is 0.602. The van der Waals surface area contributed by atoms with Crippen LogP contribution in [0.4, 0.5) is 0 Å². The molecule has 1 aromatic rings. The third-order valence-electron chi connectivity index (χ3n) is 2.70. The Bertz CT molecular complexity index is 360. The number of hydrogen-bond donors (Lipinski definition) is 1. The van der Waals surface area contributed by atoms with Crippen molar-refractivity contribution in [3.8, 4) is 0 Å². The normalized spacial score (nSPS) is 17.2. The molecule has 17 heavy (non-hydrogen) atoms. The van der Waals surface area contributed by atoms with E-state index < -0.39 is 0 Å². The van der Waals surface area contributed by atoms with E-state index in [9.17, 15) is 0 Å².